The number of nitrogens with one attached hydrogen (secondary N) is 2. The first-order valence-corrected chi connectivity index (χ1v) is 14.6. The van der Waals surface area contributed by atoms with Crippen molar-refractivity contribution in [2.75, 3.05) is 27.8 Å². The predicted molar refractivity (Wildman–Crippen MR) is 174 cm³/mol. The summed E-state index contributed by atoms with van der Waals surface area (Å²) in [4.78, 5) is 13.7. The first-order valence-electron chi connectivity index (χ1n) is 13.8. The minimum atomic E-state index is 0.732. The van der Waals surface area contributed by atoms with Crippen LogP contribution in [0, 0.1) is 12.8 Å². The van der Waals surface area contributed by atoms with Gasteiger partial charge in [-0.25, -0.2) is 0 Å². The van der Waals surface area contributed by atoms with Crippen molar-refractivity contribution in [1.82, 2.24) is 10.6 Å². The molecule has 2 rings (SSSR count). The molecule has 0 atom stereocenters. The van der Waals surface area contributed by atoms with Gasteiger partial charge in [0, 0.05) is 31.8 Å². The normalized spacial score (nSPS) is 12.6. The molecule has 222 valence electrons. The van der Waals surface area contributed by atoms with Crippen molar-refractivity contribution < 1.29 is 9.53 Å². The van der Waals surface area contributed by atoms with Gasteiger partial charge < -0.3 is 25.9 Å². The molecule has 1 aromatic carbocycles. The molecule has 1 fully saturated rings. The van der Waals surface area contributed by atoms with Crippen molar-refractivity contribution in [3.05, 3.63) is 57.8 Å². The Balaban J connectivity index is -0.000000416. The third-order valence-electron chi connectivity index (χ3n) is 5.18. The topological polar surface area (TPSA) is 88.7 Å². The maximum absolute atomic E-state index is 8.81. The molecule has 1 aliphatic carbocycles. The zero-order valence-corrected chi connectivity index (χ0v) is 27.9. The van der Waals surface area contributed by atoms with Crippen LogP contribution in [0.5, 0.6) is 0 Å². The average molecular weight is 600 g/mol. The molecule has 0 radical (unpaired) electrons. The molecule has 0 spiro atoms. The van der Waals surface area contributed by atoms with Crippen LogP contribution in [-0.2, 0) is 16.1 Å². The Kier molecular flexibility index (Phi) is 37.5. The van der Waals surface area contributed by atoms with Gasteiger partial charge in [0.05, 0.1) is 5.82 Å². The number of allylic oxidation sites excluding steroid dienone is 1. The van der Waals surface area contributed by atoms with Crippen LogP contribution in [0.4, 0.5) is 0 Å². The number of ether oxygens (including phenoxy) is 1. The monoisotopic (exact) mass is 598 g/mol. The Morgan fingerprint density at radius 2 is 1.63 bits per heavy atom. The average Bonchev–Trinajstić information content (AvgIpc) is 2.96. The third kappa shape index (κ3) is 23.2. The van der Waals surface area contributed by atoms with E-state index in [0.29, 0.717) is 0 Å². The molecule has 1 aliphatic rings. The minimum Gasteiger partial charge on any atom is -0.388 e. The van der Waals surface area contributed by atoms with Crippen molar-refractivity contribution >= 4 is 28.1 Å². The highest BCUT2D eigenvalue weighted by molar-refractivity contribution is 9.10. The van der Waals surface area contributed by atoms with Gasteiger partial charge in [-0.3, -0.25) is 4.99 Å². The van der Waals surface area contributed by atoms with Crippen LogP contribution < -0.4 is 16.4 Å². The van der Waals surface area contributed by atoms with Crippen LogP contribution in [0.15, 0.2) is 51.7 Å². The summed E-state index contributed by atoms with van der Waals surface area (Å²) in [6.45, 7) is 21.5. The summed E-state index contributed by atoms with van der Waals surface area (Å²) in [5.41, 5.74) is 8.16. The third-order valence-corrected chi connectivity index (χ3v) is 6.04. The van der Waals surface area contributed by atoms with Crippen molar-refractivity contribution in [2.24, 2.45) is 16.6 Å². The van der Waals surface area contributed by atoms with Gasteiger partial charge in [0.15, 0.2) is 0 Å². The number of aliphatic imine (C=N–C) groups is 1. The maximum Gasteiger partial charge on any atom is 0.129 e. The fourth-order valence-corrected chi connectivity index (χ4v) is 3.63. The predicted octanol–water partition coefficient (Wildman–Crippen LogP) is 7.95. The summed E-state index contributed by atoms with van der Waals surface area (Å²) in [6, 6.07) is 6.26. The standard InChI is InChI=1S/C22H32BrN3.C2H6O.C2H4O.2C2H6.CH5N/c1-5-16(2)22(25-14-19-10-7-6-8-11-19)26-18(4)24-15-20-12-9-13-21(23)17(20)3;1-3-2;1-2-3;3*1-2/h5,9,12-13,19,24H,4,6-8,10-11,14-15H2,1-3H3,(H,25,26);1-2H3;2H,1H3;2*1-2H3;2H2,1H3/b16-5-;;;;;. The van der Waals surface area contributed by atoms with E-state index in [0.717, 1.165) is 47.0 Å². The lowest BCUT2D eigenvalue weighted by Crippen LogP contribution is -2.32. The second-order valence-corrected chi connectivity index (χ2v) is 8.64. The van der Waals surface area contributed by atoms with Gasteiger partial charge in [0.1, 0.15) is 12.1 Å². The van der Waals surface area contributed by atoms with E-state index in [1.54, 1.807) is 14.2 Å². The number of carbonyl (C=O) groups is 1. The molecule has 0 aromatic heterocycles. The molecular formula is C31H59BrN4O2. The number of rotatable bonds is 7. The molecule has 4 N–H and O–H groups in total. The van der Waals surface area contributed by atoms with Gasteiger partial charge in [-0.2, -0.15) is 0 Å². The van der Waals surface area contributed by atoms with E-state index in [1.165, 1.54) is 57.2 Å². The highest BCUT2D eigenvalue weighted by Gasteiger charge is 2.13. The quantitative estimate of drug-likeness (QED) is 0.168. The second-order valence-electron chi connectivity index (χ2n) is 7.79. The molecule has 0 heterocycles. The molecular weight excluding hydrogens is 540 g/mol. The van der Waals surface area contributed by atoms with Gasteiger partial charge in [0.2, 0.25) is 0 Å². The smallest absolute Gasteiger partial charge is 0.129 e. The van der Waals surface area contributed by atoms with E-state index in [4.69, 9.17) is 9.79 Å². The largest absolute Gasteiger partial charge is 0.388 e. The van der Waals surface area contributed by atoms with E-state index in [1.807, 2.05) is 34.6 Å². The van der Waals surface area contributed by atoms with Crippen molar-refractivity contribution in [2.45, 2.75) is 94.0 Å². The van der Waals surface area contributed by atoms with Gasteiger partial charge in [-0.05, 0) is 76.3 Å². The Morgan fingerprint density at radius 1 is 1.13 bits per heavy atom. The van der Waals surface area contributed by atoms with Crippen LogP contribution in [0.25, 0.3) is 0 Å². The molecule has 0 amide bonds. The Bertz CT molecular complexity index is 743. The zero-order valence-electron chi connectivity index (χ0n) is 26.3. The molecule has 38 heavy (non-hydrogen) atoms. The van der Waals surface area contributed by atoms with Crippen molar-refractivity contribution in [1.29, 1.82) is 0 Å². The fraction of sp³-hybridized carbons (Fsp3) is 0.613. The Labute approximate surface area is 244 Å². The summed E-state index contributed by atoms with van der Waals surface area (Å²) in [7, 11) is 4.75. The molecule has 6 nitrogen and oxygen atoms in total. The first-order chi connectivity index (χ1) is 18.3. The fourth-order valence-electron chi connectivity index (χ4n) is 3.22. The number of hydrogen-bond donors (Lipinski definition) is 3. The van der Waals surface area contributed by atoms with Gasteiger partial charge >= 0.3 is 0 Å². The lowest BCUT2D eigenvalue weighted by molar-refractivity contribution is -0.106. The number of halogens is 1. The number of hydrogen-bond acceptors (Lipinski definition) is 5. The molecule has 0 bridgehead atoms. The number of aldehydes is 1. The van der Waals surface area contributed by atoms with E-state index in [9.17, 15) is 0 Å². The highest BCUT2D eigenvalue weighted by Crippen LogP contribution is 2.24. The summed E-state index contributed by atoms with van der Waals surface area (Å²) < 4.78 is 5.38. The lowest BCUT2D eigenvalue weighted by Gasteiger charge is -2.21. The number of nitrogens with zero attached hydrogens (tertiary/aromatic N) is 1. The lowest BCUT2D eigenvalue weighted by atomic mass is 9.89. The molecule has 1 saturated carbocycles. The summed E-state index contributed by atoms with van der Waals surface area (Å²) >= 11 is 3.59. The van der Waals surface area contributed by atoms with E-state index >= 15 is 0 Å². The first kappa shape index (κ1) is 43.1. The van der Waals surface area contributed by atoms with Crippen LogP contribution in [0.2, 0.25) is 0 Å². The summed E-state index contributed by atoms with van der Waals surface area (Å²) in [5, 5.41) is 6.76. The van der Waals surface area contributed by atoms with Gasteiger partial charge in [-0.1, -0.05) is 87.7 Å². The number of nitrogens with two attached hydrogens (primary N) is 1. The molecule has 7 heteroatoms. The van der Waals surface area contributed by atoms with Crippen LogP contribution >= 0.6 is 15.9 Å². The minimum absolute atomic E-state index is 0.732. The van der Waals surface area contributed by atoms with Crippen LogP contribution in [0.1, 0.15) is 91.7 Å². The van der Waals surface area contributed by atoms with Crippen molar-refractivity contribution in [3.63, 3.8) is 0 Å². The van der Waals surface area contributed by atoms with E-state index in [2.05, 4.69) is 81.7 Å². The second kappa shape index (κ2) is 33.1. The number of methoxy groups -OCH3 is 1. The summed E-state index contributed by atoms with van der Waals surface area (Å²) in [6.07, 6.45) is 9.56. The van der Waals surface area contributed by atoms with Crippen LogP contribution in [-0.4, -0.2) is 39.9 Å². The SMILES string of the molecule is C=C(NCc1cccc(Br)c1C)NC(=NCC1CCCCC1)/C(C)=C\C.CC.CC.CC=O.CN.COC. The zero-order chi connectivity index (χ0) is 30.4. The Hall–Kier alpha value is -1.96. The molecule has 1 aromatic rings. The Morgan fingerprint density at radius 3 is 2.11 bits per heavy atom. The van der Waals surface area contributed by atoms with Gasteiger partial charge in [-0.15, -0.1) is 0 Å². The summed E-state index contributed by atoms with van der Waals surface area (Å²) in [5.74, 6) is 2.45. The number of amidine groups is 1. The number of benzene rings is 1. The van der Waals surface area contributed by atoms with Gasteiger partial charge in [0.25, 0.3) is 0 Å². The van der Waals surface area contributed by atoms with E-state index < -0.39 is 0 Å². The molecule has 0 aliphatic heterocycles. The van der Waals surface area contributed by atoms with Crippen molar-refractivity contribution in [3.8, 4) is 0 Å². The number of carbonyl (C=O) groups excluding carboxylic acids is 1. The molecule has 0 unspecified atom stereocenters. The maximum atomic E-state index is 8.81. The van der Waals surface area contributed by atoms with Crippen LogP contribution in [0.3, 0.4) is 0 Å². The van der Waals surface area contributed by atoms with E-state index in [-0.39, 0.29) is 0 Å². The molecule has 0 saturated heterocycles. The highest BCUT2D eigenvalue weighted by atomic mass is 79.9.